The molecule has 156 valence electrons. The summed E-state index contributed by atoms with van der Waals surface area (Å²) in [4.78, 5) is 0. The molecular weight excluding hydrogens is 363 g/mol. The minimum atomic E-state index is -1.90. The van der Waals surface area contributed by atoms with Gasteiger partial charge in [0.15, 0.2) is 8.32 Å². The summed E-state index contributed by atoms with van der Waals surface area (Å²) in [7, 11) is -2.06. The van der Waals surface area contributed by atoms with Gasteiger partial charge >= 0.3 is 7.12 Å². The molecule has 1 aliphatic carbocycles. The maximum Gasteiger partial charge on any atom is 0.457 e. The Morgan fingerprint density at radius 3 is 1.86 bits per heavy atom. The first-order valence-electron chi connectivity index (χ1n) is 10.8. The Balaban J connectivity index is 1.79. The van der Waals surface area contributed by atoms with E-state index in [1.807, 2.05) is 0 Å². The lowest BCUT2D eigenvalue weighted by Crippen LogP contribution is -2.50. The molecule has 0 unspecified atom stereocenters. The van der Waals surface area contributed by atoms with Crippen molar-refractivity contribution >= 4 is 15.4 Å². The molecule has 1 saturated heterocycles. The molecule has 0 amide bonds. The standard InChI is InChI=1S/C23H39BO3Si/c1-20(2,3)28(8,9)27-23(16-18-12-10-11-13-19(18)17-23)14-15-24-25-21(4,5)22(6,7)26-24/h10-13H,14-17H2,1-9H3. The van der Waals surface area contributed by atoms with E-state index in [1.165, 1.54) is 11.1 Å². The summed E-state index contributed by atoms with van der Waals surface area (Å²) in [5.41, 5.74) is 2.19. The quantitative estimate of drug-likeness (QED) is 0.563. The van der Waals surface area contributed by atoms with Crippen molar-refractivity contribution in [1.29, 1.82) is 0 Å². The van der Waals surface area contributed by atoms with Crippen molar-refractivity contribution in [2.75, 3.05) is 0 Å². The van der Waals surface area contributed by atoms with Crippen LogP contribution >= 0.6 is 0 Å². The zero-order chi connectivity index (χ0) is 21.0. The lowest BCUT2D eigenvalue weighted by Gasteiger charge is -2.44. The van der Waals surface area contributed by atoms with Crippen LogP contribution in [0.15, 0.2) is 24.3 Å². The van der Waals surface area contributed by atoms with Gasteiger partial charge in [0.2, 0.25) is 0 Å². The molecule has 3 rings (SSSR count). The highest BCUT2D eigenvalue weighted by Crippen LogP contribution is 2.46. The normalized spacial score (nSPS) is 23.1. The average molecular weight is 402 g/mol. The second kappa shape index (κ2) is 6.97. The Morgan fingerprint density at radius 2 is 1.43 bits per heavy atom. The van der Waals surface area contributed by atoms with E-state index in [9.17, 15) is 0 Å². The van der Waals surface area contributed by atoms with Crippen molar-refractivity contribution < 1.29 is 13.7 Å². The number of hydrogen-bond acceptors (Lipinski definition) is 3. The van der Waals surface area contributed by atoms with Crippen LogP contribution in [-0.2, 0) is 26.6 Å². The topological polar surface area (TPSA) is 27.7 Å². The van der Waals surface area contributed by atoms with Gasteiger partial charge in [0, 0.05) is 12.8 Å². The second-order valence-electron chi connectivity index (χ2n) is 11.4. The summed E-state index contributed by atoms with van der Waals surface area (Å²) in [5.74, 6) is 0. The average Bonchev–Trinajstić information content (AvgIpc) is 2.97. The minimum Gasteiger partial charge on any atom is -0.411 e. The van der Waals surface area contributed by atoms with Gasteiger partial charge in [-0.25, -0.2) is 0 Å². The molecule has 0 N–H and O–H groups in total. The Hall–Kier alpha value is -0.618. The third-order valence-corrected chi connectivity index (χ3v) is 12.1. The summed E-state index contributed by atoms with van der Waals surface area (Å²) in [6.45, 7) is 20.2. The molecule has 0 saturated carbocycles. The van der Waals surface area contributed by atoms with Crippen molar-refractivity contribution in [3.63, 3.8) is 0 Å². The lowest BCUT2D eigenvalue weighted by molar-refractivity contribution is 0.00578. The van der Waals surface area contributed by atoms with E-state index in [1.54, 1.807) is 0 Å². The first kappa shape index (κ1) is 22.1. The van der Waals surface area contributed by atoms with Gasteiger partial charge < -0.3 is 13.7 Å². The zero-order valence-corrected chi connectivity index (χ0v) is 20.4. The van der Waals surface area contributed by atoms with Gasteiger partial charge in [0.05, 0.1) is 16.8 Å². The van der Waals surface area contributed by atoms with Crippen molar-refractivity contribution in [3.05, 3.63) is 35.4 Å². The van der Waals surface area contributed by atoms with Crippen molar-refractivity contribution in [3.8, 4) is 0 Å². The van der Waals surface area contributed by atoms with Crippen LogP contribution in [0.25, 0.3) is 0 Å². The molecule has 1 aromatic rings. The Morgan fingerprint density at radius 1 is 0.964 bits per heavy atom. The summed E-state index contributed by atoms with van der Waals surface area (Å²) < 4.78 is 19.7. The van der Waals surface area contributed by atoms with E-state index in [4.69, 9.17) is 13.7 Å². The maximum atomic E-state index is 7.12. The fourth-order valence-corrected chi connectivity index (χ4v) is 5.75. The van der Waals surface area contributed by atoms with Gasteiger partial charge in [-0.2, -0.15) is 0 Å². The van der Waals surface area contributed by atoms with Gasteiger partial charge in [0.25, 0.3) is 0 Å². The molecule has 3 nitrogen and oxygen atoms in total. The summed E-state index contributed by atoms with van der Waals surface area (Å²) in [6, 6.07) is 8.83. The van der Waals surface area contributed by atoms with E-state index in [-0.39, 0.29) is 29.0 Å². The number of fused-ring (bicyclic) bond motifs is 1. The Kier molecular flexibility index (Phi) is 5.50. The first-order valence-corrected chi connectivity index (χ1v) is 13.7. The van der Waals surface area contributed by atoms with Gasteiger partial charge in [-0.1, -0.05) is 45.0 Å². The van der Waals surface area contributed by atoms with Crippen LogP contribution in [0.1, 0.15) is 66.0 Å². The summed E-state index contributed by atoms with van der Waals surface area (Å²) in [6.07, 6.45) is 3.82. The van der Waals surface area contributed by atoms with Crippen molar-refractivity contribution in [2.45, 2.75) is 109 Å². The highest BCUT2D eigenvalue weighted by Gasteiger charge is 2.53. The smallest absolute Gasteiger partial charge is 0.411 e. The molecule has 0 aromatic heterocycles. The van der Waals surface area contributed by atoms with Crippen LogP contribution in [0, 0.1) is 0 Å². The van der Waals surface area contributed by atoms with E-state index in [2.05, 4.69) is 85.8 Å². The van der Waals surface area contributed by atoms with Gasteiger partial charge in [-0.05, 0) is 69.7 Å². The molecule has 0 bridgehead atoms. The molecular formula is C23H39BO3Si. The van der Waals surface area contributed by atoms with Gasteiger partial charge in [-0.3, -0.25) is 0 Å². The van der Waals surface area contributed by atoms with E-state index in [0.29, 0.717) is 0 Å². The SMILES string of the molecule is CC1(C)OB(CCC2(O[Si](C)(C)C(C)(C)C)Cc3ccccc3C2)OC1(C)C. The Labute approximate surface area is 173 Å². The minimum absolute atomic E-state index is 0.143. The van der Waals surface area contributed by atoms with E-state index >= 15 is 0 Å². The molecule has 1 heterocycles. The fraction of sp³-hybridized carbons (Fsp3) is 0.739. The largest absolute Gasteiger partial charge is 0.457 e. The third kappa shape index (κ3) is 4.14. The molecule has 28 heavy (non-hydrogen) atoms. The molecule has 0 radical (unpaired) electrons. The van der Waals surface area contributed by atoms with Gasteiger partial charge in [0.1, 0.15) is 0 Å². The molecule has 0 atom stereocenters. The fourth-order valence-electron chi connectivity index (χ4n) is 4.12. The number of hydrogen-bond donors (Lipinski definition) is 0. The number of benzene rings is 1. The van der Waals surface area contributed by atoms with Crippen LogP contribution in [0.3, 0.4) is 0 Å². The molecule has 5 heteroatoms. The summed E-state index contributed by atoms with van der Waals surface area (Å²) >= 11 is 0. The van der Waals surface area contributed by atoms with Crippen molar-refractivity contribution in [2.24, 2.45) is 0 Å². The highest BCUT2D eigenvalue weighted by molar-refractivity contribution is 6.74. The monoisotopic (exact) mass is 402 g/mol. The number of rotatable bonds is 5. The predicted octanol–water partition coefficient (Wildman–Crippen LogP) is 6.03. The Bertz CT molecular complexity index is 680. The first-order chi connectivity index (χ1) is 12.7. The summed E-state index contributed by atoms with van der Waals surface area (Å²) in [5, 5.41) is 0.194. The van der Waals surface area contributed by atoms with Gasteiger partial charge in [-0.15, -0.1) is 0 Å². The molecule has 1 aliphatic heterocycles. The molecule has 1 fully saturated rings. The van der Waals surface area contributed by atoms with Crippen LogP contribution < -0.4 is 0 Å². The third-order valence-electron chi connectivity index (χ3n) is 7.56. The van der Waals surface area contributed by atoms with Crippen LogP contribution in [-0.4, -0.2) is 32.2 Å². The van der Waals surface area contributed by atoms with E-state index < -0.39 is 8.32 Å². The van der Waals surface area contributed by atoms with Crippen LogP contribution in [0.4, 0.5) is 0 Å². The maximum absolute atomic E-state index is 7.12. The highest BCUT2D eigenvalue weighted by atomic mass is 28.4. The van der Waals surface area contributed by atoms with Crippen molar-refractivity contribution in [1.82, 2.24) is 0 Å². The molecule has 2 aliphatic rings. The molecule has 1 aromatic carbocycles. The zero-order valence-electron chi connectivity index (χ0n) is 19.4. The predicted molar refractivity (Wildman–Crippen MR) is 120 cm³/mol. The molecule has 0 spiro atoms. The second-order valence-corrected chi connectivity index (χ2v) is 16.1. The van der Waals surface area contributed by atoms with Crippen LogP contribution in [0.5, 0.6) is 0 Å². The van der Waals surface area contributed by atoms with E-state index in [0.717, 1.165) is 25.6 Å². The van der Waals surface area contributed by atoms with Crippen LogP contribution in [0.2, 0.25) is 24.5 Å². The lowest BCUT2D eigenvalue weighted by atomic mass is 9.77.